The van der Waals surface area contributed by atoms with E-state index < -0.39 is 0 Å². The smallest absolute Gasteiger partial charge is 0.150 e. The van der Waals surface area contributed by atoms with E-state index in [0.717, 1.165) is 49.0 Å². The van der Waals surface area contributed by atoms with Gasteiger partial charge in [0.15, 0.2) is 0 Å². The van der Waals surface area contributed by atoms with E-state index in [0.29, 0.717) is 5.41 Å². The van der Waals surface area contributed by atoms with Crippen molar-refractivity contribution in [3.63, 3.8) is 0 Å². The average molecular weight is 278 g/mol. The van der Waals surface area contributed by atoms with E-state index in [1.165, 1.54) is 12.8 Å². The topological polar surface area (TPSA) is 47.1 Å². The molecule has 1 aromatic rings. The molecule has 0 spiro atoms. The minimum atomic E-state index is 0.414. The maximum absolute atomic E-state index is 6.32. The van der Waals surface area contributed by atoms with E-state index >= 15 is 0 Å². The van der Waals surface area contributed by atoms with Gasteiger partial charge < -0.3 is 10.6 Å². The molecule has 1 aromatic heterocycles. The predicted molar refractivity (Wildman–Crippen MR) is 86.0 cm³/mol. The van der Waals surface area contributed by atoms with Crippen LogP contribution in [0.1, 0.15) is 52.7 Å². The Balaban J connectivity index is 2.11. The van der Waals surface area contributed by atoms with E-state index in [4.69, 9.17) is 5.73 Å². The summed E-state index contributed by atoms with van der Waals surface area (Å²) in [6.07, 6.45) is 4.55. The van der Waals surface area contributed by atoms with Gasteiger partial charge in [-0.1, -0.05) is 34.1 Å². The van der Waals surface area contributed by atoms with E-state index in [2.05, 4.69) is 37.7 Å². The predicted octanol–water partition coefficient (Wildman–Crippen LogP) is 3.22. The lowest BCUT2D eigenvalue weighted by atomic mass is 9.75. The molecule has 1 aliphatic rings. The molecule has 0 unspecified atom stereocenters. The molecule has 0 amide bonds. The number of hydrogen-bond acceptors (Lipinski definition) is 3. The fourth-order valence-electron chi connectivity index (χ4n) is 3.34. The average Bonchev–Trinajstić information content (AvgIpc) is 2.64. The zero-order chi connectivity index (χ0) is 14.9. The Morgan fingerprint density at radius 3 is 2.35 bits per heavy atom. The van der Waals surface area contributed by atoms with Crippen LogP contribution in [0.4, 0.5) is 11.5 Å². The van der Waals surface area contributed by atoms with Crippen molar-refractivity contribution >= 4 is 11.5 Å². The standard InChI is InChI=1S/C16H30N4/c1-6-7-13-14(17)15(19(5)18-13)20-10-8-12(9-11-20)16(2,3)4/h12H,6-11,17H2,1-5H3. The van der Waals surface area contributed by atoms with Crippen LogP contribution >= 0.6 is 0 Å². The van der Waals surface area contributed by atoms with Crippen LogP contribution in [0.3, 0.4) is 0 Å². The van der Waals surface area contributed by atoms with Crippen LogP contribution in [0.5, 0.6) is 0 Å². The highest BCUT2D eigenvalue weighted by atomic mass is 15.4. The zero-order valence-corrected chi connectivity index (χ0v) is 13.7. The van der Waals surface area contributed by atoms with Gasteiger partial charge in [0.1, 0.15) is 5.82 Å². The Bertz CT molecular complexity index is 448. The summed E-state index contributed by atoms with van der Waals surface area (Å²) in [5, 5.41) is 4.59. The third-order valence-corrected chi connectivity index (χ3v) is 4.64. The second-order valence-corrected chi connectivity index (χ2v) is 7.18. The Morgan fingerprint density at radius 1 is 1.25 bits per heavy atom. The molecule has 0 saturated carbocycles. The van der Waals surface area contributed by atoms with Crippen molar-refractivity contribution in [3.8, 4) is 0 Å². The van der Waals surface area contributed by atoms with Crippen LogP contribution in [0, 0.1) is 11.3 Å². The molecule has 0 aliphatic carbocycles. The largest absolute Gasteiger partial charge is 0.394 e. The van der Waals surface area contributed by atoms with Crippen molar-refractivity contribution in [1.29, 1.82) is 0 Å². The molecule has 20 heavy (non-hydrogen) atoms. The molecule has 1 saturated heterocycles. The summed E-state index contributed by atoms with van der Waals surface area (Å²) in [4.78, 5) is 2.42. The first-order valence-corrected chi connectivity index (χ1v) is 7.90. The monoisotopic (exact) mass is 278 g/mol. The minimum absolute atomic E-state index is 0.414. The second-order valence-electron chi connectivity index (χ2n) is 7.18. The first-order chi connectivity index (χ1) is 9.34. The fourth-order valence-corrected chi connectivity index (χ4v) is 3.34. The number of nitrogens with zero attached hydrogens (tertiary/aromatic N) is 3. The highest BCUT2D eigenvalue weighted by molar-refractivity contribution is 5.66. The van der Waals surface area contributed by atoms with Crippen LogP contribution in [-0.4, -0.2) is 22.9 Å². The zero-order valence-electron chi connectivity index (χ0n) is 13.7. The molecule has 2 heterocycles. The van der Waals surface area contributed by atoms with Gasteiger partial charge in [-0.3, -0.25) is 4.68 Å². The minimum Gasteiger partial charge on any atom is -0.394 e. The number of hydrogen-bond donors (Lipinski definition) is 1. The Morgan fingerprint density at radius 2 is 1.85 bits per heavy atom. The van der Waals surface area contributed by atoms with Crippen molar-refractivity contribution in [1.82, 2.24) is 9.78 Å². The number of nitrogens with two attached hydrogens (primary N) is 1. The molecule has 4 nitrogen and oxygen atoms in total. The van der Waals surface area contributed by atoms with Gasteiger partial charge in [0.2, 0.25) is 0 Å². The maximum atomic E-state index is 6.32. The molecule has 1 aliphatic heterocycles. The molecular formula is C16H30N4. The first kappa shape index (κ1) is 15.2. The van der Waals surface area contributed by atoms with Gasteiger partial charge in [0.05, 0.1) is 11.4 Å². The molecule has 2 N–H and O–H groups in total. The van der Waals surface area contributed by atoms with E-state index in [9.17, 15) is 0 Å². The highest BCUT2D eigenvalue weighted by Crippen LogP contribution is 2.37. The molecule has 114 valence electrons. The molecule has 0 aromatic carbocycles. The van der Waals surface area contributed by atoms with Gasteiger partial charge in [-0.25, -0.2) is 0 Å². The quantitative estimate of drug-likeness (QED) is 0.923. The van der Waals surface area contributed by atoms with Gasteiger partial charge in [-0.2, -0.15) is 5.10 Å². The van der Waals surface area contributed by atoms with Crippen molar-refractivity contribution in [2.75, 3.05) is 23.7 Å². The normalized spacial score (nSPS) is 17.8. The number of aromatic nitrogens is 2. The summed E-state index contributed by atoms with van der Waals surface area (Å²) in [5.74, 6) is 1.93. The first-order valence-electron chi connectivity index (χ1n) is 7.90. The number of piperidine rings is 1. The van der Waals surface area contributed by atoms with Crippen molar-refractivity contribution in [2.45, 2.75) is 53.4 Å². The van der Waals surface area contributed by atoms with Gasteiger partial charge >= 0.3 is 0 Å². The lowest BCUT2D eigenvalue weighted by molar-refractivity contribution is 0.198. The second kappa shape index (κ2) is 5.66. The van der Waals surface area contributed by atoms with Crippen molar-refractivity contribution in [2.24, 2.45) is 18.4 Å². The summed E-state index contributed by atoms with van der Waals surface area (Å²) in [6, 6.07) is 0. The Kier molecular flexibility index (Phi) is 4.31. The lowest BCUT2D eigenvalue weighted by Crippen LogP contribution is -2.39. The number of rotatable bonds is 3. The van der Waals surface area contributed by atoms with Crippen LogP contribution in [-0.2, 0) is 13.5 Å². The summed E-state index contributed by atoms with van der Waals surface area (Å²) in [6.45, 7) is 11.4. The Labute approximate surface area is 123 Å². The summed E-state index contributed by atoms with van der Waals surface area (Å²) >= 11 is 0. The molecule has 1 fully saturated rings. The number of nitrogen functional groups attached to an aromatic ring is 1. The summed E-state index contributed by atoms with van der Waals surface area (Å²) < 4.78 is 1.97. The summed E-state index contributed by atoms with van der Waals surface area (Å²) in [7, 11) is 2.01. The van der Waals surface area contributed by atoms with Gasteiger partial charge in [-0.05, 0) is 30.6 Å². The van der Waals surface area contributed by atoms with E-state index in [-0.39, 0.29) is 0 Å². The molecule has 0 bridgehead atoms. The molecule has 2 rings (SSSR count). The Hall–Kier alpha value is -1.19. The van der Waals surface area contributed by atoms with Crippen LogP contribution < -0.4 is 10.6 Å². The molecule has 0 radical (unpaired) electrons. The maximum Gasteiger partial charge on any atom is 0.150 e. The van der Waals surface area contributed by atoms with Gasteiger partial charge in [0, 0.05) is 20.1 Å². The number of anilines is 2. The fraction of sp³-hybridized carbons (Fsp3) is 0.812. The van der Waals surface area contributed by atoms with Crippen LogP contribution in [0.25, 0.3) is 0 Å². The van der Waals surface area contributed by atoms with Gasteiger partial charge in [0.25, 0.3) is 0 Å². The van der Waals surface area contributed by atoms with E-state index in [1.54, 1.807) is 0 Å². The summed E-state index contributed by atoms with van der Waals surface area (Å²) in [5.41, 5.74) is 8.68. The molecule has 0 atom stereocenters. The van der Waals surface area contributed by atoms with Gasteiger partial charge in [-0.15, -0.1) is 0 Å². The highest BCUT2D eigenvalue weighted by Gasteiger charge is 2.30. The molecule has 4 heteroatoms. The van der Waals surface area contributed by atoms with Crippen LogP contribution in [0.2, 0.25) is 0 Å². The third kappa shape index (κ3) is 2.94. The van der Waals surface area contributed by atoms with Crippen LogP contribution in [0.15, 0.2) is 0 Å². The van der Waals surface area contributed by atoms with Crippen molar-refractivity contribution in [3.05, 3.63) is 5.69 Å². The lowest BCUT2D eigenvalue weighted by Gasteiger charge is -2.39. The van der Waals surface area contributed by atoms with Crippen molar-refractivity contribution < 1.29 is 0 Å². The SMILES string of the molecule is CCCc1nn(C)c(N2CCC(C(C)(C)C)CC2)c1N. The molecular weight excluding hydrogens is 248 g/mol. The van der Waals surface area contributed by atoms with E-state index in [1.807, 2.05) is 11.7 Å². The number of aryl methyl sites for hydroxylation is 2. The third-order valence-electron chi connectivity index (χ3n) is 4.64.